The first-order valence-corrected chi connectivity index (χ1v) is 8.97. The van der Waals surface area contributed by atoms with Crippen molar-refractivity contribution >= 4 is 23.2 Å². The Labute approximate surface area is 160 Å². The fraction of sp³-hybridized carbons (Fsp3) is 0.250. The largest absolute Gasteiger partial charge is 0.339 e. The van der Waals surface area contributed by atoms with E-state index >= 15 is 0 Å². The van der Waals surface area contributed by atoms with Crippen LogP contribution in [0.25, 0.3) is 11.4 Å². The van der Waals surface area contributed by atoms with Gasteiger partial charge in [-0.2, -0.15) is 4.98 Å². The summed E-state index contributed by atoms with van der Waals surface area (Å²) in [6.45, 7) is 4.45. The van der Waals surface area contributed by atoms with Crippen LogP contribution in [0.15, 0.2) is 40.9 Å². The van der Waals surface area contributed by atoms with Gasteiger partial charge in [-0.25, -0.2) is 4.39 Å². The van der Waals surface area contributed by atoms with E-state index < -0.39 is 5.82 Å². The van der Waals surface area contributed by atoms with Gasteiger partial charge >= 0.3 is 0 Å². The standard InChI is InChI=1S/C20H17ClFN3O2/c1-11-3-4-12(2)17(7-11)25-10-14(9-18(25)26)20-23-19(24-27-20)13-5-6-15(21)16(22)8-13/h3-8,14H,9-10H2,1-2H3. The van der Waals surface area contributed by atoms with Gasteiger partial charge in [0.05, 0.1) is 10.9 Å². The van der Waals surface area contributed by atoms with E-state index in [2.05, 4.69) is 10.1 Å². The number of aryl methyl sites for hydroxylation is 2. The monoisotopic (exact) mass is 385 g/mol. The molecule has 0 radical (unpaired) electrons. The molecule has 0 bridgehead atoms. The minimum atomic E-state index is -0.544. The Hall–Kier alpha value is -2.73. The van der Waals surface area contributed by atoms with Gasteiger partial charge in [-0.05, 0) is 49.2 Å². The van der Waals surface area contributed by atoms with Gasteiger partial charge in [0.15, 0.2) is 0 Å². The minimum Gasteiger partial charge on any atom is -0.339 e. The van der Waals surface area contributed by atoms with Gasteiger partial charge in [-0.3, -0.25) is 4.79 Å². The first kappa shape index (κ1) is 17.7. The summed E-state index contributed by atoms with van der Waals surface area (Å²) in [5.74, 6) is -0.0702. The van der Waals surface area contributed by atoms with Gasteiger partial charge in [0.25, 0.3) is 0 Å². The minimum absolute atomic E-state index is 0.0194. The molecule has 3 aromatic rings. The number of carbonyl (C=O) groups excluding carboxylic acids is 1. The van der Waals surface area contributed by atoms with Crippen molar-refractivity contribution in [2.45, 2.75) is 26.2 Å². The molecule has 27 heavy (non-hydrogen) atoms. The van der Waals surface area contributed by atoms with Crippen LogP contribution >= 0.6 is 11.6 Å². The van der Waals surface area contributed by atoms with E-state index in [0.29, 0.717) is 24.4 Å². The van der Waals surface area contributed by atoms with Crippen LogP contribution in [0.1, 0.15) is 29.4 Å². The second-order valence-corrected chi connectivity index (χ2v) is 7.19. The van der Waals surface area contributed by atoms with Crippen molar-refractivity contribution in [3.63, 3.8) is 0 Å². The van der Waals surface area contributed by atoms with E-state index in [-0.39, 0.29) is 22.7 Å². The van der Waals surface area contributed by atoms with Crippen LogP contribution in [0.5, 0.6) is 0 Å². The second-order valence-electron chi connectivity index (χ2n) is 6.78. The summed E-state index contributed by atoms with van der Waals surface area (Å²) >= 11 is 5.71. The van der Waals surface area contributed by atoms with E-state index in [4.69, 9.17) is 16.1 Å². The maximum absolute atomic E-state index is 13.7. The zero-order valence-electron chi connectivity index (χ0n) is 14.9. The van der Waals surface area contributed by atoms with Crippen LogP contribution in [0.4, 0.5) is 10.1 Å². The number of carbonyl (C=O) groups is 1. The first-order chi connectivity index (χ1) is 12.9. The number of rotatable bonds is 3. The van der Waals surface area contributed by atoms with Gasteiger partial charge in [-0.1, -0.05) is 28.9 Å². The summed E-state index contributed by atoms with van der Waals surface area (Å²) in [6, 6.07) is 10.4. The van der Waals surface area contributed by atoms with Crippen LogP contribution in [0, 0.1) is 19.7 Å². The number of hydrogen-bond donors (Lipinski definition) is 0. The number of benzene rings is 2. The van der Waals surface area contributed by atoms with E-state index in [1.54, 1.807) is 11.0 Å². The fourth-order valence-corrected chi connectivity index (χ4v) is 3.39. The molecule has 5 nitrogen and oxygen atoms in total. The summed E-state index contributed by atoms with van der Waals surface area (Å²) in [5.41, 5.74) is 3.51. The Kier molecular flexibility index (Phi) is 4.44. The van der Waals surface area contributed by atoms with Crippen molar-refractivity contribution in [2.24, 2.45) is 0 Å². The second kappa shape index (κ2) is 6.78. The summed E-state index contributed by atoms with van der Waals surface area (Å²) < 4.78 is 19.0. The lowest BCUT2D eigenvalue weighted by atomic mass is 10.1. The molecular weight excluding hydrogens is 369 g/mol. The van der Waals surface area contributed by atoms with Crippen LogP contribution in [-0.2, 0) is 4.79 Å². The zero-order valence-corrected chi connectivity index (χ0v) is 15.6. The molecule has 2 aromatic carbocycles. The van der Waals surface area contributed by atoms with Crippen molar-refractivity contribution in [1.29, 1.82) is 0 Å². The number of halogens is 2. The highest BCUT2D eigenvalue weighted by molar-refractivity contribution is 6.30. The van der Waals surface area contributed by atoms with Crippen LogP contribution in [0.3, 0.4) is 0 Å². The lowest BCUT2D eigenvalue weighted by molar-refractivity contribution is -0.117. The molecule has 7 heteroatoms. The highest BCUT2D eigenvalue weighted by atomic mass is 35.5. The highest BCUT2D eigenvalue weighted by Crippen LogP contribution is 2.34. The number of nitrogens with zero attached hydrogens (tertiary/aromatic N) is 3. The number of amides is 1. The van der Waals surface area contributed by atoms with Crippen molar-refractivity contribution < 1.29 is 13.7 Å². The molecule has 138 valence electrons. The molecule has 1 atom stereocenters. The molecule has 0 N–H and O–H groups in total. The highest BCUT2D eigenvalue weighted by Gasteiger charge is 2.35. The predicted octanol–water partition coefficient (Wildman–Crippen LogP) is 4.67. The Morgan fingerprint density at radius 2 is 2.04 bits per heavy atom. The molecule has 4 rings (SSSR count). The van der Waals surface area contributed by atoms with Crippen LogP contribution < -0.4 is 4.90 Å². The third kappa shape index (κ3) is 3.32. The Morgan fingerprint density at radius 3 is 2.81 bits per heavy atom. The summed E-state index contributed by atoms with van der Waals surface area (Å²) in [5, 5.41) is 3.97. The third-order valence-electron chi connectivity index (χ3n) is 4.75. The van der Waals surface area contributed by atoms with Crippen molar-refractivity contribution in [1.82, 2.24) is 10.1 Å². The maximum Gasteiger partial charge on any atom is 0.232 e. The van der Waals surface area contributed by atoms with Gasteiger partial charge in [0.2, 0.25) is 17.6 Å². The molecule has 1 aliphatic heterocycles. The lowest BCUT2D eigenvalue weighted by Crippen LogP contribution is -2.25. The predicted molar refractivity (Wildman–Crippen MR) is 100 cm³/mol. The Bertz CT molecular complexity index is 1030. The van der Waals surface area contributed by atoms with Gasteiger partial charge in [-0.15, -0.1) is 0 Å². The molecule has 1 aromatic heterocycles. The van der Waals surface area contributed by atoms with Crippen molar-refractivity contribution in [3.05, 3.63) is 64.3 Å². The van der Waals surface area contributed by atoms with Crippen molar-refractivity contribution in [3.8, 4) is 11.4 Å². The Morgan fingerprint density at radius 1 is 1.22 bits per heavy atom. The molecule has 1 unspecified atom stereocenters. The molecule has 0 saturated carbocycles. The molecule has 0 aliphatic carbocycles. The SMILES string of the molecule is Cc1ccc(C)c(N2CC(c3nc(-c4ccc(Cl)c(F)c4)no3)CC2=O)c1. The normalized spacial score (nSPS) is 17.0. The molecule has 1 amide bonds. The van der Waals surface area contributed by atoms with E-state index in [1.807, 2.05) is 32.0 Å². The summed E-state index contributed by atoms with van der Waals surface area (Å²) in [6.07, 6.45) is 0.296. The molecular formula is C20H17ClFN3O2. The number of aromatic nitrogens is 2. The van der Waals surface area contributed by atoms with Crippen molar-refractivity contribution in [2.75, 3.05) is 11.4 Å². The summed E-state index contributed by atoms with van der Waals surface area (Å²) in [4.78, 5) is 18.7. The molecule has 1 saturated heterocycles. The summed E-state index contributed by atoms with van der Waals surface area (Å²) in [7, 11) is 0. The van der Waals surface area contributed by atoms with Crippen LogP contribution in [0.2, 0.25) is 5.02 Å². The zero-order chi connectivity index (χ0) is 19.1. The van der Waals surface area contributed by atoms with Crippen LogP contribution in [-0.4, -0.2) is 22.6 Å². The number of anilines is 1. The molecule has 0 spiro atoms. The average Bonchev–Trinajstić information content (AvgIpc) is 3.26. The van der Waals surface area contributed by atoms with E-state index in [1.165, 1.54) is 12.1 Å². The molecule has 1 aliphatic rings. The molecule has 2 heterocycles. The maximum atomic E-state index is 13.7. The Balaban J connectivity index is 1.58. The first-order valence-electron chi connectivity index (χ1n) is 8.59. The lowest BCUT2D eigenvalue weighted by Gasteiger charge is -2.19. The smallest absolute Gasteiger partial charge is 0.232 e. The topological polar surface area (TPSA) is 59.2 Å². The fourth-order valence-electron chi connectivity index (χ4n) is 3.27. The third-order valence-corrected chi connectivity index (χ3v) is 5.06. The quantitative estimate of drug-likeness (QED) is 0.657. The molecule has 1 fully saturated rings. The van der Waals surface area contributed by atoms with E-state index in [9.17, 15) is 9.18 Å². The van der Waals surface area contributed by atoms with Gasteiger partial charge in [0, 0.05) is 24.2 Å². The number of hydrogen-bond acceptors (Lipinski definition) is 4. The van der Waals surface area contributed by atoms with Gasteiger partial charge in [0.1, 0.15) is 5.82 Å². The van der Waals surface area contributed by atoms with E-state index in [0.717, 1.165) is 16.8 Å². The van der Waals surface area contributed by atoms with Gasteiger partial charge < -0.3 is 9.42 Å². The average molecular weight is 386 g/mol.